The summed E-state index contributed by atoms with van der Waals surface area (Å²) >= 11 is 0. The molecule has 1 aromatic carbocycles. The molecule has 20 heavy (non-hydrogen) atoms. The van der Waals surface area contributed by atoms with Crippen molar-refractivity contribution in [3.05, 3.63) is 40.6 Å². The molecule has 1 aliphatic carbocycles. The van der Waals surface area contributed by atoms with Crippen molar-refractivity contribution in [2.45, 2.75) is 32.6 Å². The van der Waals surface area contributed by atoms with Crippen molar-refractivity contribution in [3.8, 4) is 0 Å². The first-order chi connectivity index (χ1) is 9.78. The summed E-state index contributed by atoms with van der Waals surface area (Å²) in [6.07, 6.45) is 5.96. The summed E-state index contributed by atoms with van der Waals surface area (Å²) in [6, 6.07) is 4.03. The SMILES string of the molecule is Cc1coc2cc3o/c(=N/O)c4c(c3cc12)CCCC4. The van der Waals surface area contributed by atoms with Crippen LogP contribution in [0.5, 0.6) is 0 Å². The Kier molecular flexibility index (Phi) is 2.39. The molecule has 0 fully saturated rings. The number of aryl methyl sites for hydroxylation is 2. The zero-order valence-corrected chi connectivity index (χ0v) is 11.3. The summed E-state index contributed by atoms with van der Waals surface area (Å²) in [5.74, 6) is 0. The second kappa shape index (κ2) is 4.13. The minimum atomic E-state index is 0.342. The molecule has 1 N–H and O–H groups in total. The molecular formula is C16H15NO3. The molecule has 0 spiro atoms. The highest BCUT2D eigenvalue weighted by atomic mass is 16.5. The molecule has 0 bridgehead atoms. The maximum absolute atomic E-state index is 9.18. The number of hydrogen-bond donors (Lipinski definition) is 1. The third-order valence-corrected chi connectivity index (χ3v) is 4.22. The van der Waals surface area contributed by atoms with Crippen LogP contribution >= 0.6 is 0 Å². The first-order valence-electron chi connectivity index (χ1n) is 6.92. The summed E-state index contributed by atoms with van der Waals surface area (Å²) in [5, 5.41) is 14.7. The zero-order chi connectivity index (χ0) is 13.7. The van der Waals surface area contributed by atoms with Gasteiger partial charge in [-0.3, -0.25) is 0 Å². The molecule has 4 rings (SSSR count). The number of fused-ring (bicyclic) bond motifs is 4. The van der Waals surface area contributed by atoms with Crippen molar-refractivity contribution in [1.29, 1.82) is 0 Å². The van der Waals surface area contributed by atoms with Gasteiger partial charge in [0.05, 0.1) is 6.26 Å². The van der Waals surface area contributed by atoms with Gasteiger partial charge in [0, 0.05) is 22.4 Å². The number of nitrogens with zero attached hydrogens (tertiary/aromatic N) is 1. The second-order valence-electron chi connectivity index (χ2n) is 5.43. The van der Waals surface area contributed by atoms with Crippen LogP contribution < -0.4 is 5.55 Å². The van der Waals surface area contributed by atoms with Crippen LogP contribution in [0.15, 0.2) is 32.4 Å². The maximum Gasteiger partial charge on any atom is 0.259 e. The minimum Gasteiger partial charge on any atom is -0.464 e. The monoisotopic (exact) mass is 269 g/mol. The van der Waals surface area contributed by atoms with E-state index in [1.165, 1.54) is 12.0 Å². The van der Waals surface area contributed by atoms with Crippen molar-refractivity contribution >= 4 is 21.9 Å². The first kappa shape index (κ1) is 11.6. The predicted octanol–water partition coefficient (Wildman–Crippen LogP) is 3.66. The molecule has 0 unspecified atom stereocenters. The highest BCUT2D eigenvalue weighted by molar-refractivity contribution is 5.96. The van der Waals surface area contributed by atoms with Gasteiger partial charge < -0.3 is 14.0 Å². The van der Waals surface area contributed by atoms with Gasteiger partial charge in [0.2, 0.25) is 0 Å². The Balaban J connectivity index is 2.19. The van der Waals surface area contributed by atoms with Gasteiger partial charge in [-0.1, -0.05) is 0 Å². The summed E-state index contributed by atoms with van der Waals surface area (Å²) in [4.78, 5) is 0. The van der Waals surface area contributed by atoms with Crippen molar-refractivity contribution in [3.63, 3.8) is 0 Å². The Labute approximate surface area is 115 Å². The Morgan fingerprint density at radius 1 is 1.05 bits per heavy atom. The Bertz CT molecular complexity index is 886. The van der Waals surface area contributed by atoms with Gasteiger partial charge in [0.25, 0.3) is 5.55 Å². The van der Waals surface area contributed by atoms with E-state index in [1.54, 1.807) is 6.26 Å². The second-order valence-corrected chi connectivity index (χ2v) is 5.43. The molecular weight excluding hydrogens is 254 g/mol. The van der Waals surface area contributed by atoms with Crippen LogP contribution in [0, 0.1) is 6.92 Å². The van der Waals surface area contributed by atoms with Gasteiger partial charge in [0.15, 0.2) is 0 Å². The zero-order valence-electron chi connectivity index (χ0n) is 11.3. The fourth-order valence-electron chi connectivity index (χ4n) is 3.19. The van der Waals surface area contributed by atoms with E-state index < -0.39 is 0 Å². The minimum absolute atomic E-state index is 0.342. The summed E-state index contributed by atoms with van der Waals surface area (Å²) in [7, 11) is 0. The lowest BCUT2D eigenvalue weighted by atomic mass is 9.90. The molecule has 2 heterocycles. The average molecular weight is 269 g/mol. The van der Waals surface area contributed by atoms with Gasteiger partial charge in [0.1, 0.15) is 11.2 Å². The normalized spacial score (nSPS) is 15.9. The highest BCUT2D eigenvalue weighted by Crippen LogP contribution is 2.31. The lowest BCUT2D eigenvalue weighted by molar-refractivity contribution is 0.274. The summed E-state index contributed by atoms with van der Waals surface area (Å²) in [6.45, 7) is 2.04. The molecule has 2 aromatic heterocycles. The van der Waals surface area contributed by atoms with Crippen LogP contribution in [-0.4, -0.2) is 5.21 Å². The Morgan fingerprint density at radius 2 is 1.85 bits per heavy atom. The van der Waals surface area contributed by atoms with Crippen LogP contribution in [-0.2, 0) is 12.8 Å². The van der Waals surface area contributed by atoms with Crippen molar-refractivity contribution in [2.75, 3.05) is 0 Å². The van der Waals surface area contributed by atoms with E-state index in [0.717, 1.165) is 52.3 Å². The molecule has 0 amide bonds. The number of rotatable bonds is 0. The molecule has 102 valence electrons. The van der Waals surface area contributed by atoms with E-state index in [1.807, 2.05) is 13.0 Å². The van der Waals surface area contributed by atoms with E-state index in [0.29, 0.717) is 5.55 Å². The standard InChI is InChI=1S/C16H15NO3/c1-9-8-19-14-7-15-13(6-12(9)14)10-4-2-3-5-11(10)16(17-18)20-15/h6-8,18H,2-5H2,1H3/b17-16+. The van der Waals surface area contributed by atoms with Gasteiger partial charge in [-0.05, 0) is 55.0 Å². The third kappa shape index (κ3) is 1.51. The summed E-state index contributed by atoms with van der Waals surface area (Å²) < 4.78 is 11.3. The van der Waals surface area contributed by atoms with Gasteiger partial charge in [-0.15, -0.1) is 0 Å². The van der Waals surface area contributed by atoms with E-state index in [2.05, 4.69) is 11.2 Å². The van der Waals surface area contributed by atoms with Gasteiger partial charge >= 0.3 is 0 Å². The molecule has 0 radical (unpaired) electrons. The quantitative estimate of drug-likeness (QED) is 0.500. The Morgan fingerprint density at radius 3 is 2.65 bits per heavy atom. The number of furan rings is 1. The predicted molar refractivity (Wildman–Crippen MR) is 74.7 cm³/mol. The van der Waals surface area contributed by atoms with E-state index in [-0.39, 0.29) is 0 Å². The molecule has 4 heteroatoms. The van der Waals surface area contributed by atoms with Crippen LogP contribution in [0.1, 0.15) is 29.5 Å². The molecule has 4 nitrogen and oxygen atoms in total. The summed E-state index contributed by atoms with van der Waals surface area (Å²) in [5.41, 5.74) is 5.30. The van der Waals surface area contributed by atoms with Crippen molar-refractivity contribution in [1.82, 2.24) is 0 Å². The van der Waals surface area contributed by atoms with Crippen LogP contribution in [0.4, 0.5) is 0 Å². The number of benzene rings is 1. The van der Waals surface area contributed by atoms with Gasteiger partial charge in [-0.2, -0.15) is 0 Å². The number of hydrogen-bond acceptors (Lipinski definition) is 4. The van der Waals surface area contributed by atoms with Crippen LogP contribution in [0.25, 0.3) is 21.9 Å². The molecule has 0 atom stereocenters. The van der Waals surface area contributed by atoms with E-state index >= 15 is 0 Å². The topological polar surface area (TPSA) is 58.9 Å². The van der Waals surface area contributed by atoms with E-state index in [4.69, 9.17) is 8.83 Å². The largest absolute Gasteiger partial charge is 0.464 e. The van der Waals surface area contributed by atoms with Gasteiger partial charge in [-0.25, -0.2) is 0 Å². The molecule has 1 aliphatic rings. The average Bonchev–Trinajstić information content (AvgIpc) is 2.85. The molecule has 0 saturated carbocycles. The molecule has 3 aromatic rings. The molecule has 0 aliphatic heterocycles. The third-order valence-electron chi connectivity index (χ3n) is 4.22. The smallest absolute Gasteiger partial charge is 0.259 e. The molecule has 0 saturated heterocycles. The van der Waals surface area contributed by atoms with Crippen LogP contribution in [0.2, 0.25) is 0 Å². The highest BCUT2D eigenvalue weighted by Gasteiger charge is 2.18. The lowest BCUT2D eigenvalue weighted by Gasteiger charge is -2.17. The fraction of sp³-hybridized carbons (Fsp3) is 0.312. The fourth-order valence-corrected chi connectivity index (χ4v) is 3.19. The van der Waals surface area contributed by atoms with Crippen molar-refractivity contribution < 1.29 is 14.0 Å². The Hall–Kier alpha value is -2.23. The van der Waals surface area contributed by atoms with E-state index in [9.17, 15) is 5.21 Å². The maximum atomic E-state index is 9.18. The lowest BCUT2D eigenvalue weighted by Crippen LogP contribution is -2.17. The van der Waals surface area contributed by atoms with Crippen LogP contribution in [0.3, 0.4) is 0 Å². The van der Waals surface area contributed by atoms with Crippen molar-refractivity contribution in [2.24, 2.45) is 5.16 Å². The first-order valence-corrected chi connectivity index (χ1v) is 6.92.